The fourth-order valence-corrected chi connectivity index (χ4v) is 5.46. The van der Waals surface area contributed by atoms with E-state index in [1.165, 1.54) is 10.6 Å². The summed E-state index contributed by atoms with van der Waals surface area (Å²) in [7, 11) is 3.72. The molecule has 2 aliphatic heterocycles. The number of hydrogen-bond acceptors (Lipinski definition) is 8. The number of ether oxygens (including phenoxy) is 1. The van der Waals surface area contributed by atoms with Crippen LogP contribution in [0.3, 0.4) is 0 Å². The summed E-state index contributed by atoms with van der Waals surface area (Å²) in [5.74, 6) is 1.83. The van der Waals surface area contributed by atoms with Crippen LogP contribution in [-0.2, 0) is 6.54 Å². The van der Waals surface area contributed by atoms with Gasteiger partial charge in [0.05, 0.1) is 30.6 Å². The fraction of sp³-hybridized carbons (Fsp3) is 0.267. The lowest BCUT2D eigenvalue weighted by Crippen LogP contribution is -2.46. The lowest BCUT2D eigenvalue weighted by atomic mass is 10.1. The molecule has 1 fully saturated rings. The fourth-order valence-electron chi connectivity index (χ4n) is 5.13. The zero-order valence-corrected chi connectivity index (χ0v) is 24.0. The third kappa shape index (κ3) is 5.36. The van der Waals surface area contributed by atoms with Gasteiger partial charge in [0.1, 0.15) is 11.6 Å². The van der Waals surface area contributed by atoms with E-state index in [0.717, 1.165) is 43.0 Å². The largest absolute Gasteiger partial charge is 0.495 e. The number of aromatic nitrogens is 3. The van der Waals surface area contributed by atoms with Crippen LogP contribution in [-0.4, -0.2) is 66.2 Å². The number of piperazine rings is 1. The van der Waals surface area contributed by atoms with E-state index in [-0.39, 0.29) is 12.6 Å². The number of halogens is 1. The maximum Gasteiger partial charge on any atom is 0.336 e. The van der Waals surface area contributed by atoms with E-state index < -0.39 is 0 Å². The Kier molecular flexibility index (Phi) is 7.34. The van der Waals surface area contributed by atoms with E-state index in [0.29, 0.717) is 34.0 Å². The first-order chi connectivity index (χ1) is 19.9. The highest BCUT2D eigenvalue weighted by atomic mass is 35.5. The topological polar surface area (TPSA) is 90.0 Å². The second-order valence-corrected chi connectivity index (χ2v) is 10.6. The Balaban J connectivity index is 1.32. The zero-order chi connectivity index (χ0) is 28.5. The Labute approximate surface area is 244 Å². The van der Waals surface area contributed by atoms with Crippen LogP contribution in [0.4, 0.5) is 39.4 Å². The number of nitrogens with zero attached hydrogens (tertiary/aromatic N) is 7. The molecule has 0 atom stereocenters. The average molecular weight is 571 g/mol. The van der Waals surface area contributed by atoms with Gasteiger partial charge in [-0.3, -0.25) is 4.90 Å². The Morgan fingerprint density at radius 3 is 2.41 bits per heavy atom. The van der Waals surface area contributed by atoms with Crippen LogP contribution in [0.2, 0.25) is 5.02 Å². The summed E-state index contributed by atoms with van der Waals surface area (Å²) in [4.78, 5) is 35.8. The molecule has 1 N–H and O–H groups in total. The molecule has 41 heavy (non-hydrogen) atoms. The van der Waals surface area contributed by atoms with E-state index >= 15 is 0 Å². The molecule has 10 nitrogen and oxygen atoms in total. The van der Waals surface area contributed by atoms with Crippen molar-refractivity contribution in [3.8, 4) is 5.75 Å². The molecule has 0 bridgehead atoms. The van der Waals surface area contributed by atoms with Gasteiger partial charge < -0.3 is 19.9 Å². The number of rotatable bonds is 6. The first-order valence-electron chi connectivity index (χ1n) is 13.4. The predicted molar refractivity (Wildman–Crippen MR) is 162 cm³/mol. The van der Waals surface area contributed by atoms with Crippen molar-refractivity contribution in [2.75, 3.05) is 60.4 Å². The van der Waals surface area contributed by atoms with Crippen molar-refractivity contribution < 1.29 is 9.53 Å². The second-order valence-electron chi connectivity index (χ2n) is 10.2. The molecule has 6 rings (SSSR count). The smallest absolute Gasteiger partial charge is 0.336 e. The van der Waals surface area contributed by atoms with E-state index in [2.05, 4.69) is 44.3 Å². The number of aryl methyl sites for hydroxylation is 1. The summed E-state index contributed by atoms with van der Waals surface area (Å²) in [6, 6.07) is 17.0. The number of methoxy groups -OCH3 is 1. The monoisotopic (exact) mass is 570 g/mol. The highest BCUT2D eigenvalue weighted by Gasteiger charge is 2.36. The van der Waals surface area contributed by atoms with Gasteiger partial charge in [-0.2, -0.15) is 4.98 Å². The van der Waals surface area contributed by atoms with Crippen molar-refractivity contribution in [2.24, 2.45) is 0 Å². The summed E-state index contributed by atoms with van der Waals surface area (Å²) < 4.78 is 5.28. The molecule has 210 valence electrons. The normalized spacial score (nSPS) is 15.6. The number of hydrogen-bond donors (Lipinski definition) is 1. The number of nitrogens with one attached hydrogen (secondary N) is 1. The summed E-state index contributed by atoms with van der Waals surface area (Å²) in [5, 5.41) is 3.78. The van der Waals surface area contributed by atoms with Crippen LogP contribution in [0.1, 0.15) is 11.1 Å². The molecule has 1 saturated heterocycles. The molecule has 0 saturated carbocycles. The number of pyridine rings is 1. The first kappa shape index (κ1) is 26.8. The van der Waals surface area contributed by atoms with Crippen LogP contribution < -0.4 is 24.8 Å². The minimum atomic E-state index is -0.312. The summed E-state index contributed by atoms with van der Waals surface area (Å²) in [6.45, 7) is 6.31. The lowest BCUT2D eigenvalue weighted by Gasteiger charge is -2.36. The summed E-state index contributed by atoms with van der Waals surface area (Å²) >= 11 is 6.58. The molecule has 0 aliphatic carbocycles. The standard InChI is InChI=1S/C30H31ClN8O2/c1-20-5-4-6-25(31)27(20)38-19-21-17-33-29(34-22-7-9-23(10-8-22)37-15-13-36(2)14-16-37)35-28(21)39(30(38)40)26-12-11-24(41-3)18-32-26/h4-12,17-18H,13-16,19H2,1-3H3,(H,33,34,35). The van der Waals surface area contributed by atoms with Crippen LogP contribution >= 0.6 is 11.6 Å². The van der Waals surface area contributed by atoms with Gasteiger partial charge in [0.25, 0.3) is 0 Å². The van der Waals surface area contributed by atoms with Crippen LogP contribution in [0.25, 0.3) is 0 Å². The SMILES string of the molecule is COc1ccc(N2C(=O)N(c3c(C)cccc3Cl)Cc3cnc(Nc4ccc(N5CCN(C)CC5)cc4)nc32)nc1. The number of amides is 2. The Morgan fingerprint density at radius 1 is 0.951 bits per heavy atom. The van der Waals surface area contributed by atoms with Crippen molar-refractivity contribution in [3.63, 3.8) is 0 Å². The van der Waals surface area contributed by atoms with Crippen molar-refractivity contribution in [1.82, 2.24) is 19.9 Å². The number of para-hydroxylation sites is 1. The highest BCUT2D eigenvalue weighted by molar-refractivity contribution is 6.34. The van der Waals surface area contributed by atoms with Gasteiger partial charge >= 0.3 is 6.03 Å². The van der Waals surface area contributed by atoms with Gasteiger partial charge in [-0.05, 0) is 62.0 Å². The van der Waals surface area contributed by atoms with Crippen molar-refractivity contribution in [2.45, 2.75) is 13.5 Å². The second kappa shape index (κ2) is 11.2. The van der Waals surface area contributed by atoms with Gasteiger partial charge in [0, 0.05) is 49.3 Å². The van der Waals surface area contributed by atoms with Crippen molar-refractivity contribution >= 4 is 52.3 Å². The molecule has 0 unspecified atom stereocenters. The Hall–Kier alpha value is -4.41. The van der Waals surface area contributed by atoms with Crippen LogP contribution in [0.15, 0.2) is 67.0 Å². The molecule has 2 amide bonds. The van der Waals surface area contributed by atoms with Crippen molar-refractivity contribution in [3.05, 3.63) is 83.1 Å². The number of anilines is 6. The molecule has 0 radical (unpaired) electrons. The molecule has 0 spiro atoms. The van der Waals surface area contributed by atoms with Gasteiger partial charge in [-0.15, -0.1) is 0 Å². The summed E-state index contributed by atoms with van der Waals surface area (Å²) in [6.07, 6.45) is 3.32. The van der Waals surface area contributed by atoms with Gasteiger partial charge in [-0.25, -0.2) is 19.7 Å². The van der Waals surface area contributed by atoms with E-state index in [1.54, 1.807) is 42.6 Å². The maximum absolute atomic E-state index is 14.1. The Bertz CT molecular complexity index is 1540. The number of urea groups is 1. The molecule has 4 heterocycles. The van der Waals surface area contributed by atoms with Crippen LogP contribution in [0.5, 0.6) is 5.75 Å². The van der Waals surface area contributed by atoms with Crippen molar-refractivity contribution in [1.29, 1.82) is 0 Å². The van der Waals surface area contributed by atoms with E-state index in [4.69, 9.17) is 21.3 Å². The van der Waals surface area contributed by atoms with Gasteiger partial charge in [0.2, 0.25) is 5.95 Å². The molecule has 2 aromatic heterocycles. The number of carbonyl (C=O) groups is 1. The quantitative estimate of drug-likeness (QED) is 0.320. The number of fused-ring (bicyclic) bond motifs is 1. The maximum atomic E-state index is 14.1. The summed E-state index contributed by atoms with van der Waals surface area (Å²) in [5.41, 5.74) is 4.33. The number of benzene rings is 2. The number of likely N-dealkylation sites (N-methyl/N-ethyl adjacent to an activating group) is 1. The molecule has 2 aliphatic rings. The number of carbonyl (C=O) groups excluding carboxylic acids is 1. The third-order valence-corrected chi connectivity index (χ3v) is 7.74. The molecule has 4 aromatic rings. The third-order valence-electron chi connectivity index (χ3n) is 7.44. The van der Waals surface area contributed by atoms with Crippen LogP contribution in [0, 0.1) is 6.92 Å². The van der Waals surface area contributed by atoms with Gasteiger partial charge in [-0.1, -0.05) is 23.7 Å². The molecular weight excluding hydrogens is 540 g/mol. The highest BCUT2D eigenvalue weighted by Crippen LogP contribution is 2.39. The minimum Gasteiger partial charge on any atom is -0.495 e. The lowest BCUT2D eigenvalue weighted by molar-refractivity contribution is 0.252. The van der Waals surface area contributed by atoms with E-state index in [1.807, 2.05) is 31.2 Å². The first-order valence-corrected chi connectivity index (χ1v) is 13.8. The molecular formula is C30H31ClN8O2. The molecule has 2 aromatic carbocycles. The minimum absolute atomic E-state index is 0.269. The molecule has 11 heteroatoms. The predicted octanol–water partition coefficient (Wildman–Crippen LogP) is 5.62. The van der Waals surface area contributed by atoms with Gasteiger partial charge in [0.15, 0.2) is 5.82 Å². The zero-order valence-electron chi connectivity index (χ0n) is 23.2. The van der Waals surface area contributed by atoms with E-state index in [9.17, 15) is 4.79 Å². The average Bonchev–Trinajstić information content (AvgIpc) is 2.98. The Morgan fingerprint density at radius 2 is 1.73 bits per heavy atom.